The molecule has 0 aliphatic carbocycles. The molecule has 0 aromatic rings. The molecular formula is C62H111AlB3Li2NO16S4. The second kappa shape index (κ2) is 60.1. The first-order chi connectivity index (χ1) is 41.8. The second-order valence-corrected chi connectivity index (χ2v) is 25.8. The van der Waals surface area contributed by atoms with Crippen molar-refractivity contribution in [1.82, 2.24) is 0 Å². The molecule has 2 spiro atoms. The van der Waals surface area contributed by atoms with Crippen molar-refractivity contribution in [3.05, 3.63) is 25.3 Å². The van der Waals surface area contributed by atoms with E-state index in [1.54, 1.807) is 16.1 Å². The number of carbonyl (C=O) groups excluding carboxylic acids is 6. The van der Waals surface area contributed by atoms with Gasteiger partial charge in [0.1, 0.15) is 11.8 Å². The molecule has 0 aromatic heterocycles. The Balaban J connectivity index is -0.000000458. The molecule has 27 heteroatoms. The minimum absolute atomic E-state index is 0. The van der Waals surface area contributed by atoms with E-state index in [2.05, 4.69) is 72.7 Å². The van der Waals surface area contributed by atoms with Gasteiger partial charge < -0.3 is 40.1 Å². The summed E-state index contributed by atoms with van der Waals surface area (Å²) in [7, 11) is 0. The van der Waals surface area contributed by atoms with E-state index < -0.39 is 85.3 Å². The van der Waals surface area contributed by atoms with Crippen LogP contribution in [0, 0.1) is 28.0 Å². The van der Waals surface area contributed by atoms with E-state index in [1.807, 2.05) is 23.9 Å². The number of thioether (sulfide) groups is 2. The minimum atomic E-state index is -3.38. The van der Waals surface area contributed by atoms with Crippen molar-refractivity contribution in [3.63, 3.8) is 0 Å². The van der Waals surface area contributed by atoms with Crippen LogP contribution in [0.1, 0.15) is 260 Å². The summed E-state index contributed by atoms with van der Waals surface area (Å²) < 4.78 is 44.0. The molecule has 4 aliphatic heterocycles. The summed E-state index contributed by atoms with van der Waals surface area (Å²) >= 11 is 13.9. The van der Waals surface area contributed by atoms with Crippen LogP contribution >= 0.6 is 48.8 Å². The molecule has 4 rings (SSSR count). The molecule has 3 N–H and O–H groups in total. The third-order valence-corrected chi connectivity index (χ3v) is 17.8. The van der Waals surface area contributed by atoms with Crippen molar-refractivity contribution in [3.8, 4) is 0 Å². The first-order valence-corrected chi connectivity index (χ1v) is 37.1. The van der Waals surface area contributed by atoms with Crippen LogP contribution < -0.4 is 37.7 Å². The van der Waals surface area contributed by atoms with Crippen LogP contribution in [-0.2, 0) is 66.3 Å². The quantitative estimate of drug-likeness (QED) is 0.0130. The number of aliphatic carboxylic acids is 2. The number of hydrogen-bond donors (Lipinski definition) is 3. The summed E-state index contributed by atoms with van der Waals surface area (Å²) in [4.78, 5) is 100. The van der Waals surface area contributed by atoms with Crippen LogP contribution in [0.2, 0.25) is 0 Å². The van der Waals surface area contributed by atoms with Crippen LogP contribution in [0.5, 0.6) is 0 Å². The Morgan fingerprint density at radius 1 is 0.427 bits per heavy atom. The van der Waals surface area contributed by atoms with Crippen molar-refractivity contribution < 1.29 is 116 Å². The Morgan fingerprint density at radius 2 is 0.674 bits per heavy atom. The maximum atomic E-state index is 12.6. The van der Waals surface area contributed by atoms with Crippen molar-refractivity contribution in [2.75, 3.05) is 35.0 Å². The predicted molar refractivity (Wildman–Crippen MR) is 362 cm³/mol. The molecule has 0 saturated carbocycles. The van der Waals surface area contributed by atoms with Crippen LogP contribution in [0.3, 0.4) is 0 Å². The van der Waals surface area contributed by atoms with Gasteiger partial charge in [0.15, 0.2) is 0 Å². The third kappa shape index (κ3) is 41.7. The summed E-state index contributed by atoms with van der Waals surface area (Å²) in [5.74, 6) is -4.98. The third-order valence-electron chi connectivity index (χ3n) is 15.3. The van der Waals surface area contributed by atoms with E-state index in [0.717, 1.165) is 114 Å². The average Bonchev–Trinajstić information content (AvgIpc) is 0.834. The molecule has 0 amide bonds. The number of rotatable bonds is 47. The van der Waals surface area contributed by atoms with Crippen LogP contribution in [0.15, 0.2) is 25.3 Å². The zero-order chi connectivity index (χ0) is 63.5. The summed E-state index contributed by atoms with van der Waals surface area (Å²) in [6.07, 6.45) is 45.2. The van der Waals surface area contributed by atoms with E-state index in [9.17, 15) is 38.4 Å². The van der Waals surface area contributed by atoms with Gasteiger partial charge in [-0.3, -0.25) is 28.8 Å². The van der Waals surface area contributed by atoms with Gasteiger partial charge >= 0.3 is 84.0 Å². The van der Waals surface area contributed by atoms with E-state index in [-0.39, 0.29) is 55.4 Å². The van der Waals surface area contributed by atoms with E-state index in [1.165, 1.54) is 114 Å². The van der Waals surface area contributed by atoms with Gasteiger partial charge in [-0.1, -0.05) is 186 Å². The van der Waals surface area contributed by atoms with Crippen molar-refractivity contribution in [2.24, 2.45) is 23.7 Å². The molecular weight excluding hydrogens is 1220 g/mol. The van der Waals surface area contributed by atoms with Gasteiger partial charge in [0.25, 0.3) is 35.8 Å². The van der Waals surface area contributed by atoms with E-state index >= 15 is 0 Å². The Bertz CT molecular complexity index is 1840. The SMILES string of the molecule is C=CCCCCCCCC1C(=O)O[B-]2(OC1=O)OC(=O)C(CCCCCCCC=C)C(=O)[OH+]2.CCCCCCCCCCC1C(=O)O[B-]2(OC(=O)C(CCCCCCCCCSCCCCCCSC)C(=O)O2)[OH+]C1=O.SCCCCCCS.[B].[H-].[H-].[Li+].[Li+].[NH]=[Al]. The summed E-state index contributed by atoms with van der Waals surface area (Å²) in [6, 6.07) is 0. The first-order valence-electron chi connectivity index (χ1n) is 32.7. The summed E-state index contributed by atoms with van der Waals surface area (Å²) in [5, 5.41) is 0. The average molecular weight is 1330 g/mol. The number of carbonyl (C=O) groups is 8. The fraction of sp³-hybridized carbons (Fsp3) is 0.806. The number of nitrogens with one attached hydrogen (secondary N) is 1. The van der Waals surface area contributed by atoms with Gasteiger partial charge in [-0.15, -0.1) is 13.2 Å². The zero-order valence-corrected chi connectivity index (χ0v) is 59.7. The van der Waals surface area contributed by atoms with Crippen LogP contribution in [0.4, 0.5) is 0 Å². The molecule has 4 heterocycles. The van der Waals surface area contributed by atoms with Gasteiger partial charge in [0.05, 0.1) is 0 Å². The molecule has 17 nitrogen and oxygen atoms in total. The molecule has 89 heavy (non-hydrogen) atoms. The fourth-order valence-corrected chi connectivity index (χ4v) is 12.2. The monoisotopic (exact) mass is 1330 g/mol. The van der Waals surface area contributed by atoms with Crippen LogP contribution in [0.25, 0.3) is 0 Å². The maximum absolute atomic E-state index is 12.6. The van der Waals surface area contributed by atoms with Crippen molar-refractivity contribution in [1.29, 1.82) is 4.35 Å². The number of carboxylic acids is 2. The molecule has 4 fully saturated rings. The van der Waals surface area contributed by atoms with E-state index in [0.29, 0.717) is 44.9 Å². The zero-order valence-electron chi connectivity index (χ0n) is 57.1. The molecule has 4 aliphatic rings. The number of thiol groups is 2. The predicted octanol–water partition coefficient (Wildman–Crippen LogP) is 8.05. The van der Waals surface area contributed by atoms with Gasteiger partial charge in [-0.25, -0.2) is 0 Å². The van der Waals surface area contributed by atoms with Gasteiger partial charge in [-0.05, 0) is 118 Å². The Kier molecular flexibility index (Phi) is 61.8. The van der Waals surface area contributed by atoms with E-state index in [4.69, 9.17) is 32.3 Å². The number of unbranched alkanes of at least 4 members (excludes halogenated alkanes) is 29. The first kappa shape index (κ1) is 91.6. The van der Waals surface area contributed by atoms with Crippen molar-refractivity contribution in [2.45, 2.75) is 257 Å². The normalized spacial score (nSPS) is 20.6. The molecule has 0 aromatic carbocycles. The molecule has 2 unspecified atom stereocenters. The standard InChI is InChI=1S/C32H57BO8S2.C24H37BO8.C6H14S2.Al.B.2Li.HN.2H/c1-3-4-5-6-7-9-12-17-22-27-29(34)38-33(39-30(27)35)40-31(36)28(32(37)41-33)23-18-13-10-8-11-14-20-25-43-26-21-16-15-19-24-42-2;1-3-5-7-9-11-13-15-17-19-21(26)30-25(31-22(19)27)32-23(28)20(24(29)33-25)18-16-14-12-10-8-6-4-2;7-5-3-1-2-4-6-8;;;;;;;/h27-28,38H,3-26H2,1-2H3;3-4,19-20,30H,1-2,5-18H2;7-8H,1-6H2;;;;;1H;;/q;;;;;2*+1;;2*-1. The number of hydrogen-bond acceptors (Lipinski definition) is 19. The Hall–Kier alpha value is -1.64. The topological polar surface area (TPSA) is 241 Å². The molecule has 498 valence electrons. The summed E-state index contributed by atoms with van der Waals surface area (Å²) in [5.41, 5.74) is 0. The number of allylic oxidation sites excluding steroid dienone is 2. The second-order valence-electron chi connectivity index (χ2n) is 22.7. The van der Waals surface area contributed by atoms with Gasteiger partial charge in [0, 0.05) is 18.0 Å². The molecule has 2 atom stereocenters. The molecule has 4 radical (unpaired) electrons. The van der Waals surface area contributed by atoms with Gasteiger partial charge in [0.2, 0.25) is 11.8 Å². The van der Waals surface area contributed by atoms with Crippen LogP contribution in [-0.4, -0.2) is 131 Å². The summed E-state index contributed by atoms with van der Waals surface area (Å²) in [6.45, 7) is 2.79. The fourth-order valence-electron chi connectivity index (χ4n) is 10.3. The molecule has 0 bridgehead atoms. The Labute approximate surface area is 592 Å². The Morgan fingerprint density at radius 3 is 0.955 bits per heavy atom. The van der Waals surface area contributed by atoms with Crippen molar-refractivity contribution >= 4 is 135 Å². The molecule has 4 saturated heterocycles. The van der Waals surface area contributed by atoms with Gasteiger partial charge in [-0.2, -0.15) is 48.8 Å².